The van der Waals surface area contributed by atoms with Crippen LogP contribution in [-0.4, -0.2) is 10.9 Å². The number of nitrogens with one attached hydrogen (secondary N) is 1. The maximum absolute atomic E-state index is 13.5. The Morgan fingerprint density at radius 1 is 1.53 bits per heavy atom. The summed E-state index contributed by atoms with van der Waals surface area (Å²) in [4.78, 5) is 16.8. The van der Waals surface area contributed by atoms with E-state index in [0.29, 0.717) is 0 Å². The fourth-order valence-corrected chi connectivity index (χ4v) is 2.67. The van der Waals surface area contributed by atoms with Gasteiger partial charge in [0, 0.05) is 11.1 Å². The number of carbonyl (C=O) groups is 1. The van der Waals surface area contributed by atoms with Crippen molar-refractivity contribution in [3.63, 3.8) is 0 Å². The zero-order valence-corrected chi connectivity index (χ0v) is 11.4. The SMILES string of the molecule is CCCC(NC(=O)c1ccncc1F)c1cccs1. The Hall–Kier alpha value is -1.75. The standard InChI is InChI=1S/C14H15FN2OS/c1-2-4-12(13-5-3-8-19-13)17-14(18)10-6-7-16-9-11(10)15/h3,5-9,12H,2,4H2,1H3,(H,17,18). The van der Waals surface area contributed by atoms with E-state index in [1.54, 1.807) is 11.3 Å². The number of hydrogen-bond donors (Lipinski definition) is 1. The number of thiophene rings is 1. The lowest BCUT2D eigenvalue weighted by molar-refractivity contribution is 0.0931. The summed E-state index contributed by atoms with van der Waals surface area (Å²) in [5, 5.41) is 4.85. The second kappa shape index (κ2) is 6.43. The van der Waals surface area contributed by atoms with Gasteiger partial charge in [-0.2, -0.15) is 0 Å². The summed E-state index contributed by atoms with van der Waals surface area (Å²) < 4.78 is 13.5. The van der Waals surface area contributed by atoms with Gasteiger partial charge >= 0.3 is 0 Å². The third-order valence-corrected chi connectivity index (χ3v) is 3.77. The summed E-state index contributed by atoms with van der Waals surface area (Å²) in [6.45, 7) is 2.06. The Morgan fingerprint density at radius 3 is 3.00 bits per heavy atom. The highest BCUT2D eigenvalue weighted by molar-refractivity contribution is 7.10. The van der Waals surface area contributed by atoms with Crippen LogP contribution in [0.2, 0.25) is 0 Å². The second-order valence-corrected chi connectivity index (χ2v) is 5.16. The van der Waals surface area contributed by atoms with Crippen LogP contribution in [0, 0.1) is 5.82 Å². The van der Waals surface area contributed by atoms with E-state index in [1.807, 2.05) is 17.5 Å². The van der Waals surface area contributed by atoms with E-state index in [-0.39, 0.29) is 11.6 Å². The van der Waals surface area contributed by atoms with Gasteiger partial charge in [-0.1, -0.05) is 19.4 Å². The Morgan fingerprint density at radius 2 is 2.37 bits per heavy atom. The molecule has 1 amide bonds. The third-order valence-electron chi connectivity index (χ3n) is 2.79. The average Bonchev–Trinajstić information content (AvgIpc) is 2.92. The Balaban J connectivity index is 2.14. The number of nitrogens with zero attached hydrogens (tertiary/aromatic N) is 1. The summed E-state index contributed by atoms with van der Waals surface area (Å²) >= 11 is 1.59. The lowest BCUT2D eigenvalue weighted by Crippen LogP contribution is -2.28. The fourth-order valence-electron chi connectivity index (χ4n) is 1.86. The highest BCUT2D eigenvalue weighted by Gasteiger charge is 2.18. The van der Waals surface area contributed by atoms with E-state index >= 15 is 0 Å². The maximum atomic E-state index is 13.5. The first-order valence-electron chi connectivity index (χ1n) is 6.16. The van der Waals surface area contributed by atoms with Crippen molar-refractivity contribution in [2.75, 3.05) is 0 Å². The molecule has 0 aromatic carbocycles. The van der Waals surface area contributed by atoms with E-state index in [1.165, 1.54) is 12.3 Å². The number of pyridine rings is 1. The smallest absolute Gasteiger partial charge is 0.254 e. The van der Waals surface area contributed by atoms with Crippen molar-refractivity contribution in [1.82, 2.24) is 10.3 Å². The molecular formula is C14H15FN2OS. The second-order valence-electron chi connectivity index (χ2n) is 4.19. The molecule has 19 heavy (non-hydrogen) atoms. The predicted octanol–water partition coefficient (Wildman–Crippen LogP) is 3.55. The molecule has 0 bridgehead atoms. The lowest BCUT2D eigenvalue weighted by Gasteiger charge is -2.16. The number of amides is 1. The number of hydrogen-bond acceptors (Lipinski definition) is 3. The van der Waals surface area contributed by atoms with Crippen molar-refractivity contribution in [2.24, 2.45) is 0 Å². The predicted molar refractivity (Wildman–Crippen MR) is 73.6 cm³/mol. The number of rotatable bonds is 5. The van der Waals surface area contributed by atoms with Gasteiger partial charge in [0.05, 0.1) is 17.8 Å². The van der Waals surface area contributed by atoms with Gasteiger partial charge in [-0.25, -0.2) is 4.39 Å². The van der Waals surface area contributed by atoms with E-state index < -0.39 is 11.7 Å². The van der Waals surface area contributed by atoms with Crippen LogP contribution >= 0.6 is 11.3 Å². The molecule has 0 saturated carbocycles. The van der Waals surface area contributed by atoms with Crippen LogP contribution in [0.3, 0.4) is 0 Å². The monoisotopic (exact) mass is 278 g/mol. The summed E-state index contributed by atoms with van der Waals surface area (Å²) in [6, 6.07) is 5.25. The van der Waals surface area contributed by atoms with Gasteiger partial charge in [0.2, 0.25) is 0 Å². The number of halogens is 1. The van der Waals surface area contributed by atoms with Crippen molar-refractivity contribution in [1.29, 1.82) is 0 Å². The van der Waals surface area contributed by atoms with Crippen LogP contribution in [0.25, 0.3) is 0 Å². The molecule has 5 heteroatoms. The first-order valence-corrected chi connectivity index (χ1v) is 7.04. The molecule has 0 aliphatic heterocycles. The highest BCUT2D eigenvalue weighted by Crippen LogP contribution is 2.23. The zero-order valence-electron chi connectivity index (χ0n) is 10.6. The summed E-state index contributed by atoms with van der Waals surface area (Å²) in [7, 11) is 0. The van der Waals surface area contributed by atoms with Gasteiger partial charge in [0.1, 0.15) is 0 Å². The van der Waals surface area contributed by atoms with Crippen LogP contribution in [0.1, 0.15) is 41.0 Å². The Bertz CT molecular complexity index is 542. The summed E-state index contributed by atoms with van der Waals surface area (Å²) in [5.41, 5.74) is 0.0349. The lowest BCUT2D eigenvalue weighted by atomic mass is 10.1. The molecule has 0 saturated heterocycles. The van der Waals surface area contributed by atoms with Crippen molar-refractivity contribution in [2.45, 2.75) is 25.8 Å². The van der Waals surface area contributed by atoms with Crippen molar-refractivity contribution in [3.05, 3.63) is 52.2 Å². The molecule has 1 atom stereocenters. The topological polar surface area (TPSA) is 42.0 Å². The first kappa shape index (κ1) is 13.7. The quantitative estimate of drug-likeness (QED) is 0.908. The largest absolute Gasteiger partial charge is 0.344 e. The van der Waals surface area contributed by atoms with Crippen LogP contribution in [-0.2, 0) is 0 Å². The van der Waals surface area contributed by atoms with Crippen LogP contribution in [0.4, 0.5) is 4.39 Å². The molecule has 0 aliphatic carbocycles. The minimum Gasteiger partial charge on any atom is -0.344 e. The van der Waals surface area contributed by atoms with Crippen molar-refractivity contribution >= 4 is 17.2 Å². The molecular weight excluding hydrogens is 263 g/mol. The van der Waals surface area contributed by atoms with Crippen molar-refractivity contribution in [3.8, 4) is 0 Å². The number of carbonyl (C=O) groups excluding carboxylic acids is 1. The molecule has 0 fully saturated rings. The molecule has 2 rings (SSSR count). The van der Waals surface area contributed by atoms with Crippen LogP contribution < -0.4 is 5.32 Å². The molecule has 2 aromatic rings. The van der Waals surface area contributed by atoms with E-state index in [2.05, 4.69) is 17.2 Å². The molecule has 0 aliphatic rings. The molecule has 100 valence electrons. The average molecular weight is 278 g/mol. The van der Waals surface area contributed by atoms with Gasteiger partial charge in [0.15, 0.2) is 5.82 Å². The van der Waals surface area contributed by atoms with E-state index in [9.17, 15) is 9.18 Å². The van der Waals surface area contributed by atoms with Crippen molar-refractivity contribution < 1.29 is 9.18 Å². The van der Waals surface area contributed by atoms with Crippen LogP contribution in [0.5, 0.6) is 0 Å². The highest BCUT2D eigenvalue weighted by atomic mass is 32.1. The Labute approximate surface area is 115 Å². The fraction of sp³-hybridized carbons (Fsp3) is 0.286. The zero-order chi connectivity index (χ0) is 13.7. The van der Waals surface area contributed by atoms with Gasteiger partial charge in [-0.3, -0.25) is 9.78 Å². The van der Waals surface area contributed by atoms with E-state index in [0.717, 1.165) is 23.9 Å². The molecule has 3 nitrogen and oxygen atoms in total. The molecule has 1 unspecified atom stereocenters. The van der Waals surface area contributed by atoms with Gasteiger partial charge in [-0.15, -0.1) is 11.3 Å². The molecule has 2 heterocycles. The minimum atomic E-state index is -0.596. The molecule has 1 N–H and O–H groups in total. The third kappa shape index (κ3) is 3.38. The molecule has 2 aromatic heterocycles. The maximum Gasteiger partial charge on any atom is 0.254 e. The first-order chi connectivity index (χ1) is 9.22. The normalized spacial score (nSPS) is 12.1. The van der Waals surface area contributed by atoms with Gasteiger partial charge in [-0.05, 0) is 23.9 Å². The van der Waals surface area contributed by atoms with E-state index in [4.69, 9.17) is 0 Å². The van der Waals surface area contributed by atoms with Gasteiger partial charge < -0.3 is 5.32 Å². The number of aromatic nitrogens is 1. The van der Waals surface area contributed by atoms with Crippen LogP contribution in [0.15, 0.2) is 36.0 Å². The summed E-state index contributed by atoms with van der Waals surface area (Å²) in [6.07, 6.45) is 4.24. The molecule has 0 radical (unpaired) electrons. The minimum absolute atomic E-state index is 0.0349. The Kier molecular flexibility index (Phi) is 4.63. The summed E-state index contributed by atoms with van der Waals surface area (Å²) in [5.74, 6) is -0.992. The van der Waals surface area contributed by atoms with Gasteiger partial charge in [0.25, 0.3) is 5.91 Å². The molecule has 0 spiro atoms.